The molecule has 0 aliphatic rings. The smallest absolute Gasteiger partial charge is 0.242 e. The van der Waals surface area contributed by atoms with E-state index in [1.165, 1.54) is 0 Å². The van der Waals surface area contributed by atoms with Gasteiger partial charge < -0.3 is 10.2 Å². The lowest BCUT2D eigenvalue weighted by molar-refractivity contribution is -0.140. The molecule has 0 fully saturated rings. The van der Waals surface area contributed by atoms with E-state index in [2.05, 4.69) is 5.32 Å². The summed E-state index contributed by atoms with van der Waals surface area (Å²) >= 11 is 7.57. The lowest BCUT2D eigenvalue weighted by Gasteiger charge is -2.31. The number of aryl methyl sites for hydroxylation is 1. The molecule has 0 unspecified atom stereocenters. The monoisotopic (exact) mass is 480 g/mol. The molecule has 3 rings (SSSR count). The number of carbonyl (C=O) groups excluding carboxylic acids is 2. The number of thioether (sulfide) groups is 1. The molecule has 0 aromatic heterocycles. The zero-order valence-electron chi connectivity index (χ0n) is 19.0. The molecular weight excluding hydrogens is 452 g/mol. The summed E-state index contributed by atoms with van der Waals surface area (Å²) in [7, 11) is 1.62. The van der Waals surface area contributed by atoms with E-state index in [1.807, 2.05) is 85.8 Å². The number of hydrogen-bond donors (Lipinski definition) is 1. The summed E-state index contributed by atoms with van der Waals surface area (Å²) in [5.41, 5.74) is 3.16. The fourth-order valence-corrected chi connectivity index (χ4v) is 4.59. The minimum atomic E-state index is -0.593. The maximum Gasteiger partial charge on any atom is 0.242 e. The summed E-state index contributed by atoms with van der Waals surface area (Å²) in [5, 5.41) is 3.45. The lowest BCUT2D eigenvalue weighted by Crippen LogP contribution is -2.49. The highest BCUT2D eigenvalue weighted by Gasteiger charge is 2.29. The van der Waals surface area contributed by atoms with Crippen molar-refractivity contribution in [3.63, 3.8) is 0 Å². The average molecular weight is 481 g/mol. The summed E-state index contributed by atoms with van der Waals surface area (Å²) < 4.78 is 0. The van der Waals surface area contributed by atoms with E-state index in [0.717, 1.165) is 21.6 Å². The Bertz CT molecular complexity index is 1060. The number of carbonyl (C=O) groups is 2. The van der Waals surface area contributed by atoms with Crippen molar-refractivity contribution in [3.05, 3.63) is 101 Å². The zero-order chi connectivity index (χ0) is 23.6. The third kappa shape index (κ3) is 7.37. The largest absolute Gasteiger partial charge is 0.357 e. The Labute approximate surface area is 205 Å². The number of hydrogen-bond acceptors (Lipinski definition) is 3. The Balaban J connectivity index is 1.81. The SMILES string of the molecule is CNC(=O)[C@@H](Cc1ccccc1)N(Cc1ccccc1C)C(=O)CCSc1ccc(Cl)cc1. The number of nitrogens with one attached hydrogen (secondary N) is 1. The van der Waals surface area contributed by atoms with E-state index in [9.17, 15) is 9.59 Å². The van der Waals surface area contributed by atoms with Gasteiger partial charge in [-0.25, -0.2) is 0 Å². The van der Waals surface area contributed by atoms with Crippen LogP contribution in [0, 0.1) is 6.92 Å². The van der Waals surface area contributed by atoms with Crippen molar-refractivity contribution in [3.8, 4) is 0 Å². The Morgan fingerprint density at radius 2 is 1.64 bits per heavy atom. The number of likely N-dealkylation sites (N-methyl/N-ethyl adjacent to an activating group) is 1. The second-order valence-corrected chi connectivity index (χ2v) is 9.43. The van der Waals surface area contributed by atoms with Crippen molar-refractivity contribution < 1.29 is 9.59 Å². The summed E-state index contributed by atoms with van der Waals surface area (Å²) in [4.78, 5) is 29.2. The normalized spacial score (nSPS) is 11.6. The highest BCUT2D eigenvalue weighted by Crippen LogP contribution is 2.23. The summed E-state index contributed by atoms with van der Waals surface area (Å²) in [6.45, 7) is 2.42. The lowest BCUT2D eigenvalue weighted by atomic mass is 10.0. The minimum absolute atomic E-state index is 0.0377. The van der Waals surface area contributed by atoms with Gasteiger partial charge in [-0.15, -0.1) is 11.8 Å². The van der Waals surface area contributed by atoms with Gasteiger partial charge in [-0.05, 0) is 47.9 Å². The first-order chi connectivity index (χ1) is 16.0. The van der Waals surface area contributed by atoms with Crippen molar-refractivity contribution in [2.24, 2.45) is 0 Å². The van der Waals surface area contributed by atoms with Crippen molar-refractivity contribution in [2.45, 2.75) is 37.2 Å². The standard InChI is InChI=1S/C27H29ClN2O2S/c1-20-8-6-7-11-22(20)19-30(25(27(32)29-2)18-21-9-4-3-5-10-21)26(31)16-17-33-24-14-12-23(28)13-15-24/h3-15,25H,16-19H2,1-2H3,(H,29,32)/t25-/m1/s1. The Morgan fingerprint density at radius 1 is 0.970 bits per heavy atom. The molecule has 1 atom stereocenters. The van der Waals surface area contributed by atoms with Crippen LogP contribution in [-0.2, 0) is 22.6 Å². The molecule has 0 saturated heterocycles. The summed E-state index contributed by atoms with van der Waals surface area (Å²) in [6, 6.07) is 24.8. The Morgan fingerprint density at radius 3 is 2.30 bits per heavy atom. The van der Waals surface area contributed by atoms with E-state index in [-0.39, 0.29) is 11.8 Å². The maximum absolute atomic E-state index is 13.5. The fourth-order valence-electron chi connectivity index (χ4n) is 3.62. The van der Waals surface area contributed by atoms with E-state index >= 15 is 0 Å². The minimum Gasteiger partial charge on any atom is -0.357 e. The first-order valence-electron chi connectivity index (χ1n) is 11.0. The van der Waals surface area contributed by atoms with Crippen LogP contribution in [0.4, 0.5) is 0 Å². The third-order valence-electron chi connectivity index (χ3n) is 5.52. The summed E-state index contributed by atoms with van der Waals surface area (Å²) in [5.74, 6) is 0.423. The van der Waals surface area contributed by atoms with Crippen molar-refractivity contribution >= 4 is 35.2 Å². The first kappa shape index (κ1) is 24.9. The van der Waals surface area contributed by atoms with E-state index in [4.69, 9.17) is 11.6 Å². The first-order valence-corrected chi connectivity index (χ1v) is 12.3. The van der Waals surface area contributed by atoms with Crippen LogP contribution in [0.2, 0.25) is 5.02 Å². The molecule has 3 aromatic carbocycles. The molecule has 0 heterocycles. The van der Waals surface area contributed by atoms with E-state index in [0.29, 0.717) is 30.2 Å². The topological polar surface area (TPSA) is 49.4 Å². The second-order valence-electron chi connectivity index (χ2n) is 7.82. The van der Waals surface area contributed by atoms with Crippen molar-refractivity contribution in [1.82, 2.24) is 10.2 Å². The van der Waals surface area contributed by atoms with Crippen LogP contribution in [0.1, 0.15) is 23.1 Å². The molecule has 6 heteroatoms. The number of rotatable bonds is 10. The molecule has 0 bridgehead atoms. The number of amides is 2. The molecule has 0 aliphatic heterocycles. The van der Waals surface area contributed by atoms with Gasteiger partial charge in [0.1, 0.15) is 6.04 Å². The van der Waals surface area contributed by atoms with Gasteiger partial charge in [0.15, 0.2) is 0 Å². The van der Waals surface area contributed by atoms with Crippen molar-refractivity contribution in [1.29, 1.82) is 0 Å². The molecule has 3 aromatic rings. The third-order valence-corrected chi connectivity index (χ3v) is 6.78. The molecule has 33 heavy (non-hydrogen) atoms. The molecule has 172 valence electrons. The molecule has 2 amide bonds. The van der Waals surface area contributed by atoms with E-state index in [1.54, 1.807) is 23.7 Å². The van der Waals surface area contributed by atoms with Gasteiger partial charge in [0.05, 0.1) is 0 Å². The molecule has 0 saturated carbocycles. The maximum atomic E-state index is 13.5. The number of halogens is 1. The molecule has 0 radical (unpaired) electrons. The zero-order valence-corrected chi connectivity index (χ0v) is 20.5. The van der Waals surface area contributed by atoms with Gasteiger partial charge in [-0.2, -0.15) is 0 Å². The second kappa shape index (κ2) is 12.5. The van der Waals surface area contributed by atoms with Gasteiger partial charge in [-0.1, -0.05) is 66.2 Å². The Kier molecular flexibility index (Phi) is 9.40. The van der Waals surface area contributed by atoms with Gasteiger partial charge >= 0.3 is 0 Å². The predicted octanol–water partition coefficient (Wildman–Crippen LogP) is 5.52. The molecule has 1 N–H and O–H groups in total. The quantitative estimate of drug-likeness (QED) is 0.389. The van der Waals surface area contributed by atoms with Gasteiger partial charge in [0, 0.05) is 42.1 Å². The molecule has 0 spiro atoms. The molecule has 0 aliphatic carbocycles. The average Bonchev–Trinajstić information content (AvgIpc) is 2.83. The van der Waals surface area contributed by atoms with Crippen LogP contribution in [0.3, 0.4) is 0 Å². The molecular formula is C27H29ClN2O2S. The fraction of sp³-hybridized carbons (Fsp3) is 0.259. The van der Waals surface area contributed by atoms with E-state index < -0.39 is 6.04 Å². The van der Waals surface area contributed by atoms with Crippen LogP contribution in [0.15, 0.2) is 83.8 Å². The van der Waals surface area contributed by atoms with Gasteiger partial charge in [-0.3, -0.25) is 9.59 Å². The van der Waals surface area contributed by atoms with Crippen molar-refractivity contribution in [2.75, 3.05) is 12.8 Å². The van der Waals surface area contributed by atoms with Gasteiger partial charge in [0.25, 0.3) is 0 Å². The predicted molar refractivity (Wildman–Crippen MR) is 137 cm³/mol. The Hall–Kier alpha value is -2.76. The van der Waals surface area contributed by atoms with Crippen LogP contribution < -0.4 is 5.32 Å². The van der Waals surface area contributed by atoms with Crippen LogP contribution in [0.5, 0.6) is 0 Å². The van der Waals surface area contributed by atoms with Crippen LogP contribution in [0.25, 0.3) is 0 Å². The van der Waals surface area contributed by atoms with Crippen LogP contribution in [-0.4, -0.2) is 35.6 Å². The number of nitrogens with zero attached hydrogens (tertiary/aromatic N) is 1. The van der Waals surface area contributed by atoms with Crippen LogP contribution >= 0.6 is 23.4 Å². The summed E-state index contributed by atoms with van der Waals surface area (Å²) in [6.07, 6.45) is 0.796. The number of benzene rings is 3. The highest BCUT2D eigenvalue weighted by atomic mass is 35.5. The highest BCUT2D eigenvalue weighted by molar-refractivity contribution is 7.99. The van der Waals surface area contributed by atoms with Gasteiger partial charge in [0.2, 0.25) is 11.8 Å². The molecule has 4 nitrogen and oxygen atoms in total.